The Balaban J connectivity index is 1.12. The zero-order valence-electron chi connectivity index (χ0n) is 19.7. The lowest BCUT2D eigenvalue weighted by atomic mass is 9.70. The first-order valence-electron chi connectivity index (χ1n) is 12.5. The van der Waals surface area contributed by atoms with Crippen LogP contribution in [0.25, 0.3) is 6.08 Å². The number of amides is 3. The molecule has 2 aromatic carbocycles. The Hall–Kier alpha value is -4.19. The van der Waals surface area contributed by atoms with Crippen molar-refractivity contribution in [1.29, 1.82) is 0 Å². The second-order valence-corrected chi connectivity index (χ2v) is 10.0. The maximum absolute atomic E-state index is 13.0. The van der Waals surface area contributed by atoms with Crippen molar-refractivity contribution in [3.8, 4) is 0 Å². The number of rotatable bonds is 4. The van der Waals surface area contributed by atoms with Gasteiger partial charge in [-0.25, -0.2) is 0 Å². The van der Waals surface area contributed by atoms with Crippen molar-refractivity contribution in [3.63, 3.8) is 0 Å². The van der Waals surface area contributed by atoms with Crippen LogP contribution in [0.2, 0.25) is 0 Å². The topological polar surface area (TPSA) is 78.5 Å². The van der Waals surface area contributed by atoms with E-state index in [1.165, 1.54) is 33.4 Å². The summed E-state index contributed by atoms with van der Waals surface area (Å²) in [5, 5.41) is 5.92. The Kier molecular flexibility index (Phi) is 4.64. The molecule has 2 unspecified atom stereocenters. The van der Waals surface area contributed by atoms with Gasteiger partial charge in [0, 0.05) is 36.7 Å². The average molecular weight is 476 g/mol. The molecule has 1 fully saturated rings. The van der Waals surface area contributed by atoms with Gasteiger partial charge in [0.05, 0.1) is 0 Å². The number of piperidine rings is 1. The van der Waals surface area contributed by atoms with Crippen LogP contribution in [-0.2, 0) is 29.1 Å². The van der Waals surface area contributed by atoms with E-state index in [4.69, 9.17) is 0 Å². The molecule has 3 amide bonds. The highest BCUT2D eigenvalue weighted by Gasteiger charge is 2.39. The molecule has 6 heteroatoms. The van der Waals surface area contributed by atoms with Gasteiger partial charge in [0.25, 0.3) is 5.91 Å². The van der Waals surface area contributed by atoms with Gasteiger partial charge in [0.2, 0.25) is 11.8 Å². The van der Waals surface area contributed by atoms with Crippen LogP contribution >= 0.6 is 0 Å². The number of hydrogen-bond donors (Lipinski definition) is 2. The number of hydrogen-bond acceptors (Lipinski definition) is 4. The zero-order chi connectivity index (χ0) is 24.4. The van der Waals surface area contributed by atoms with E-state index in [9.17, 15) is 14.4 Å². The molecule has 0 aromatic heterocycles. The third-order valence-electron chi connectivity index (χ3n) is 8.02. The first-order chi connectivity index (χ1) is 17.6. The molecule has 2 heterocycles. The monoisotopic (exact) mass is 475 g/mol. The van der Waals surface area contributed by atoms with Crippen LogP contribution in [0.4, 0.5) is 5.69 Å². The molecule has 0 saturated carbocycles. The molecule has 0 bridgehead atoms. The summed E-state index contributed by atoms with van der Waals surface area (Å²) >= 11 is 0. The van der Waals surface area contributed by atoms with E-state index < -0.39 is 6.04 Å². The van der Waals surface area contributed by atoms with E-state index in [-0.39, 0.29) is 24.1 Å². The summed E-state index contributed by atoms with van der Waals surface area (Å²) in [7, 11) is 0. The Morgan fingerprint density at radius 2 is 1.94 bits per heavy atom. The minimum absolute atomic E-state index is 0.147. The van der Waals surface area contributed by atoms with Crippen molar-refractivity contribution >= 4 is 29.5 Å². The van der Waals surface area contributed by atoms with Crippen molar-refractivity contribution < 1.29 is 14.4 Å². The van der Waals surface area contributed by atoms with Crippen molar-refractivity contribution in [3.05, 3.63) is 105 Å². The van der Waals surface area contributed by atoms with E-state index in [1.54, 1.807) is 4.90 Å². The predicted octanol–water partition coefficient (Wildman–Crippen LogP) is 4.15. The number of nitrogens with zero attached hydrogens (tertiary/aromatic N) is 1. The smallest absolute Gasteiger partial charge is 0.255 e. The van der Waals surface area contributed by atoms with Crippen LogP contribution in [-0.4, -0.2) is 28.7 Å². The Morgan fingerprint density at radius 1 is 1.03 bits per heavy atom. The van der Waals surface area contributed by atoms with E-state index in [0.717, 1.165) is 17.7 Å². The second kappa shape index (κ2) is 7.92. The number of fused-ring (bicyclic) bond motifs is 1. The Morgan fingerprint density at radius 3 is 2.83 bits per heavy atom. The molecule has 3 aliphatic carbocycles. The van der Waals surface area contributed by atoms with E-state index in [0.29, 0.717) is 31.0 Å². The summed E-state index contributed by atoms with van der Waals surface area (Å²) in [6, 6.07) is 9.64. The van der Waals surface area contributed by atoms with Gasteiger partial charge in [-0.3, -0.25) is 19.7 Å². The SMILES string of the molecule is O=C1CCC(N2Cc3cc(NCc4ccc5c6c4CC=C4C=CC=C(C=C5)C46)ccc3C2=O)C(=O)N1. The Labute approximate surface area is 209 Å². The lowest BCUT2D eigenvalue weighted by Gasteiger charge is -2.34. The fourth-order valence-electron chi connectivity index (χ4n) is 6.23. The molecule has 0 spiro atoms. The number of carbonyl (C=O) groups is 3. The van der Waals surface area contributed by atoms with Gasteiger partial charge in [-0.2, -0.15) is 0 Å². The average Bonchev–Trinajstić information content (AvgIpc) is 3.21. The molecule has 2 aliphatic heterocycles. The molecule has 7 rings (SSSR count). The van der Waals surface area contributed by atoms with E-state index >= 15 is 0 Å². The zero-order valence-corrected chi connectivity index (χ0v) is 19.7. The number of imide groups is 1. The van der Waals surface area contributed by atoms with Gasteiger partial charge >= 0.3 is 0 Å². The van der Waals surface area contributed by atoms with Gasteiger partial charge in [0.15, 0.2) is 0 Å². The third-order valence-corrected chi connectivity index (χ3v) is 8.02. The number of benzene rings is 2. The van der Waals surface area contributed by atoms with Crippen molar-refractivity contribution in [1.82, 2.24) is 10.2 Å². The molecule has 6 nitrogen and oxygen atoms in total. The molecule has 2 N–H and O–H groups in total. The van der Waals surface area contributed by atoms with Crippen LogP contribution in [0.3, 0.4) is 0 Å². The van der Waals surface area contributed by atoms with Crippen LogP contribution in [0, 0.1) is 0 Å². The molecule has 5 aliphatic rings. The van der Waals surface area contributed by atoms with Crippen molar-refractivity contribution in [2.45, 2.75) is 44.3 Å². The maximum atomic E-state index is 13.0. The fourth-order valence-corrected chi connectivity index (χ4v) is 6.23. The minimum Gasteiger partial charge on any atom is -0.381 e. The van der Waals surface area contributed by atoms with Gasteiger partial charge in [-0.05, 0) is 70.0 Å². The summed E-state index contributed by atoms with van der Waals surface area (Å²) in [4.78, 5) is 38.4. The van der Waals surface area contributed by atoms with Gasteiger partial charge in [0.1, 0.15) is 6.04 Å². The normalized spacial score (nSPS) is 23.1. The molecule has 2 aromatic rings. The minimum atomic E-state index is -0.594. The number of anilines is 1. The second-order valence-electron chi connectivity index (χ2n) is 10.0. The highest BCUT2D eigenvalue weighted by Crippen LogP contribution is 2.46. The predicted molar refractivity (Wildman–Crippen MR) is 137 cm³/mol. The lowest BCUT2D eigenvalue weighted by Crippen LogP contribution is -2.52. The largest absolute Gasteiger partial charge is 0.381 e. The molecule has 178 valence electrons. The fraction of sp³-hybridized carbons (Fsp3) is 0.233. The van der Waals surface area contributed by atoms with Crippen LogP contribution in [0.1, 0.15) is 56.9 Å². The summed E-state index contributed by atoms with van der Waals surface area (Å²) in [5.74, 6) is -0.470. The van der Waals surface area contributed by atoms with E-state index in [1.807, 2.05) is 18.2 Å². The van der Waals surface area contributed by atoms with Gasteiger partial charge < -0.3 is 10.2 Å². The molecular weight excluding hydrogens is 450 g/mol. The lowest BCUT2D eigenvalue weighted by molar-refractivity contribution is -0.136. The first-order valence-corrected chi connectivity index (χ1v) is 12.5. The molecule has 2 atom stereocenters. The number of allylic oxidation sites excluding steroid dienone is 7. The maximum Gasteiger partial charge on any atom is 0.255 e. The summed E-state index contributed by atoms with van der Waals surface area (Å²) in [5.41, 5.74) is 10.7. The van der Waals surface area contributed by atoms with Gasteiger partial charge in [-0.15, -0.1) is 0 Å². The van der Waals surface area contributed by atoms with Crippen LogP contribution < -0.4 is 10.6 Å². The highest BCUT2D eigenvalue weighted by atomic mass is 16.2. The summed E-state index contributed by atoms with van der Waals surface area (Å²) < 4.78 is 0. The molecular formula is C30H25N3O3. The van der Waals surface area contributed by atoms with Crippen molar-refractivity contribution in [2.24, 2.45) is 0 Å². The van der Waals surface area contributed by atoms with Crippen LogP contribution in [0.15, 0.2) is 71.9 Å². The quantitative estimate of drug-likeness (QED) is 0.652. The summed E-state index contributed by atoms with van der Waals surface area (Å²) in [6.07, 6.45) is 15.0. The van der Waals surface area contributed by atoms with Crippen LogP contribution in [0.5, 0.6) is 0 Å². The third kappa shape index (κ3) is 3.21. The highest BCUT2D eigenvalue weighted by molar-refractivity contribution is 6.05. The standard InChI is InChI=1S/C30H25N3O3/c34-26-13-12-25(29(35)32-26)33-16-21-14-22(9-11-24(21)30(33)36)31-15-20-7-6-19-5-4-17-2-1-3-18-8-10-23(20)28(19)27(17)18/h1-9,11,14,25,27,31H,10,12-13,15-16H2,(H,32,34,35). The number of nitrogens with one attached hydrogen (secondary N) is 2. The molecule has 0 radical (unpaired) electrons. The molecule has 36 heavy (non-hydrogen) atoms. The van der Waals surface area contributed by atoms with E-state index in [2.05, 4.69) is 59.2 Å². The molecule has 1 saturated heterocycles. The number of carbonyl (C=O) groups excluding carboxylic acids is 3. The Bertz CT molecular complexity index is 1490. The first kappa shape index (κ1) is 21.1. The summed E-state index contributed by atoms with van der Waals surface area (Å²) in [6.45, 7) is 1.07. The van der Waals surface area contributed by atoms with Crippen molar-refractivity contribution in [2.75, 3.05) is 5.32 Å². The van der Waals surface area contributed by atoms with Gasteiger partial charge in [-0.1, -0.05) is 48.6 Å².